The summed E-state index contributed by atoms with van der Waals surface area (Å²) in [6, 6.07) is -0.812. The second-order valence-corrected chi connectivity index (χ2v) is 6.79. The van der Waals surface area contributed by atoms with Crippen LogP contribution in [-0.4, -0.2) is 49.6 Å². The van der Waals surface area contributed by atoms with Crippen molar-refractivity contribution < 1.29 is 19.5 Å². The van der Waals surface area contributed by atoms with E-state index in [2.05, 4.69) is 10.4 Å². The highest BCUT2D eigenvalue weighted by Crippen LogP contribution is 2.39. The van der Waals surface area contributed by atoms with Crippen molar-refractivity contribution >= 4 is 41.1 Å². The van der Waals surface area contributed by atoms with Crippen molar-refractivity contribution in [2.75, 3.05) is 5.75 Å². The normalized spacial score (nSPS) is 23.4. The van der Waals surface area contributed by atoms with Crippen molar-refractivity contribution in [3.8, 4) is 0 Å². The number of hydrogen-bond donors (Lipinski definition) is 1. The van der Waals surface area contributed by atoms with Crippen LogP contribution in [0, 0.1) is 0 Å². The largest absolute Gasteiger partial charge is 0.543 e. The first-order valence-corrected chi connectivity index (χ1v) is 8.09. The minimum absolute atomic E-state index is 0.0214. The molecule has 1 aromatic heterocycles. The number of fused-ring (bicyclic) bond motifs is 1. The van der Waals surface area contributed by atoms with Gasteiger partial charge in [0.05, 0.1) is 16.7 Å². The van der Waals surface area contributed by atoms with Gasteiger partial charge in [0.25, 0.3) is 11.8 Å². The number of thioether (sulfide) groups is 1. The van der Waals surface area contributed by atoms with Gasteiger partial charge in [0, 0.05) is 19.0 Å². The SMILES string of the molecule is CC1=C(C(=O)[O-])N2C(=O)C(NC(=O)c3nn(C)cc3Cl)C2SC1. The van der Waals surface area contributed by atoms with Crippen LogP contribution >= 0.6 is 23.4 Å². The van der Waals surface area contributed by atoms with Crippen molar-refractivity contribution in [2.45, 2.75) is 18.3 Å². The monoisotopic (exact) mass is 355 g/mol. The summed E-state index contributed by atoms with van der Waals surface area (Å²) in [6.45, 7) is 1.64. The highest BCUT2D eigenvalue weighted by Gasteiger charge is 2.52. The number of halogens is 1. The molecule has 1 fully saturated rings. The molecule has 2 aliphatic rings. The smallest absolute Gasteiger partial charge is 0.274 e. The van der Waals surface area contributed by atoms with Crippen LogP contribution in [0.5, 0.6) is 0 Å². The second-order valence-electron chi connectivity index (χ2n) is 5.28. The van der Waals surface area contributed by atoms with Gasteiger partial charge < -0.3 is 15.2 Å². The van der Waals surface area contributed by atoms with E-state index in [-0.39, 0.29) is 16.4 Å². The molecule has 0 radical (unpaired) electrons. The number of carboxylic acids is 1. The lowest BCUT2D eigenvalue weighted by molar-refractivity contribution is -0.301. The Morgan fingerprint density at radius 2 is 2.22 bits per heavy atom. The molecule has 1 saturated heterocycles. The molecule has 2 atom stereocenters. The Hall–Kier alpha value is -2.00. The van der Waals surface area contributed by atoms with E-state index in [1.54, 1.807) is 14.0 Å². The summed E-state index contributed by atoms with van der Waals surface area (Å²) in [5, 5.41) is 17.4. The molecule has 2 unspecified atom stereocenters. The number of carbonyl (C=O) groups is 3. The highest BCUT2D eigenvalue weighted by atomic mass is 35.5. The Bertz CT molecular complexity index is 759. The van der Waals surface area contributed by atoms with Gasteiger partial charge >= 0.3 is 0 Å². The molecule has 10 heteroatoms. The van der Waals surface area contributed by atoms with Crippen LogP contribution in [-0.2, 0) is 16.6 Å². The summed E-state index contributed by atoms with van der Waals surface area (Å²) in [4.78, 5) is 36.8. The van der Waals surface area contributed by atoms with Gasteiger partial charge in [-0.15, -0.1) is 11.8 Å². The average molecular weight is 356 g/mol. The quantitative estimate of drug-likeness (QED) is 0.705. The van der Waals surface area contributed by atoms with Gasteiger partial charge in [-0.25, -0.2) is 0 Å². The third-order valence-corrected chi connectivity index (χ3v) is 5.34. The van der Waals surface area contributed by atoms with E-state index < -0.39 is 29.2 Å². The molecule has 0 aliphatic carbocycles. The number of amides is 2. The van der Waals surface area contributed by atoms with Gasteiger partial charge in [-0.1, -0.05) is 11.6 Å². The number of rotatable bonds is 3. The van der Waals surface area contributed by atoms with Gasteiger partial charge in [0.15, 0.2) is 5.69 Å². The summed E-state index contributed by atoms with van der Waals surface area (Å²) >= 11 is 7.29. The third-order valence-electron chi connectivity index (χ3n) is 3.64. The lowest BCUT2D eigenvalue weighted by Crippen LogP contribution is -2.71. The predicted octanol–water partition coefficient (Wildman–Crippen LogP) is -0.889. The molecule has 3 heterocycles. The summed E-state index contributed by atoms with van der Waals surface area (Å²) < 4.78 is 1.39. The number of hydrogen-bond acceptors (Lipinski definition) is 6. The Kier molecular flexibility index (Phi) is 3.85. The first kappa shape index (κ1) is 15.9. The molecule has 23 heavy (non-hydrogen) atoms. The fraction of sp³-hybridized carbons (Fsp3) is 0.385. The Morgan fingerprint density at radius 1 is 1.52 bits per heavy atom. The number of aromatic nitrogens is 2. The molecule has 122 valence electrons. The lowest BCUT2D eigenvalue weighted by atomic mass is 10.0. The topological polar surface area (TPSA) is 107 Å². The molecule has 0 bridgehead atoms. The van der Waals surface area contributed by atoms with E-state index in [4.69, 9.17) is 11.6 Å². The maximum absolute atomic E-state index is 12.2. The Labute approximate surface area is 140 Å². The van der Waals surface area contributed by atoms with Gasteiger partial charge in [0.2, 0.25) is 0 Å². The number of carbonyl (C=O) groups excluding carboxylic acids is 3. The fourth-order valence-corrected chi connectivity index (χ4v) is 4.14. The molecule has 2 amide bonds. The summed E-state index contributed by atoms with van der Waals surface area (Å²) in [6.07, 6.45) is 1.47. The van der Waals surface area contributed by atoms with E-state index in [1.165, 1.54) is 22.6 Å². The van der Waals surface area contributed by atoms with Gasteiger partial charge in [-0.05, 0) is 12.5 Å². The molecule has 1 N–H and O–H groups in total. The molecular formula is C13H12ClN4O4S-. The minimum Gasteiger partial charge on any atom is -0.543 e. The van der Waals surface area contributed by atoms with Crippen molar-refractivity contribution in [3.63, 3.8) is 0 Å². The van der Waals surface area contributed by atoms with Crippen LogP contribution in [0.4, 0.5) is 0 Å². The van der Waals surface area contributed by atoms with Crippen LogP contribution in [0.1, 0.15) is 17.4 Å². The summed E-state index contributed by atoms with van der Waals surface area (Å²) in [5.74, 6) is -2.00. The molecule has 0 aromatic carbocycles. The van der Waals surface area contributed by atoms with Crippen molar-refractivity contribution in [1.29, 1.82) is 0 Å². The fourth-order valence-electron chi connectivity index (χ4n) is 2.59. The first-order valence-electron chi connectivity index (χ1n) is 6.67. The second kappa shape index (κ2) is 5.57. The summed E-state index contributed by atoms with van der Waals surface area (Å²) in [5.41, 5.74) is 0.477. The van der Waals surface area contributed by atoms with Crippen LogP contribution in [0.2, 0.25) is 5.02 Å². The van der Waals surface area contributed by atoms with Crippen LogP contribution < -0.4 is 10.4 Å². The van der Waals surface area contributed by atoms with Crippen molar-refractivity contribution in [2.24, 2.45) is 7.05 Å². The van der Waals surface area contributed by atoms with E-state index in [9.17, 15) is 19.5 Å². The van der Waals surface area contributed by atoms with E-state index in [1.807, 2.05) is 0 Å². The standard InChI is InChI=1S/C13H13ClN4O4S/c1-5-4-23-12-8(11(20)18(12)9(5)13(21)22)15-10(19)7-6(14)3-17(2)16-7/h3,8,12H,4H2,1-2H3,(H,15,19)(H,21,22)/p-1. The Balaban J connectivity index is 1.78. The van der Waals surface area contributed by atoms with Crippen LogP contribution in [0.3, 0.4) is 0 Å². The molecular weight excluding hydrogens is 344 g/mol. The van der Waals surface area contributed by atoms with E-state index in [0.717, 1.165) is 4.90 Å². The number of β-lactam (4-membered cyclic amide) rings is 1. The average Bonchev–Trinajstić information content (AvgIpc) is 2.82. The molecule has 0 saturated carbocycles. The van der Waals surface area contributed by atoms with Crippen LogP contribution in [0.15, 0.2) is 17.5 Å². The number of nitrogens with one attached hydrogen (secondary N) is 1. The summed E-state index contributed by atoms with van der Waals surface area (Å²) in [7, 11) is 1.62. The molecule has 0 spiro atoms. The zero-order chi connectivity index (χ0) is 16.9. The third kappa shape index (κ3) is 2.49. The maximum atomic E-state index is 12.2. The number of nitrogens with zero attached hydrogens (tertiary/aromatic N) is 3. The highest BCUT2D eigenvalue weighted by molar-refractivity contribution is 8.00. The molecule has 3 rings (SSSR count). The number of aryl methyl sites for hydroxylation is 1. The molecule has 2 aliphatic heterocycles. The maximum Gasteiger partial charge on any atom is 0.274 e. The molecule has 8 nitrogen and oxygen atoms in total. The molecule has 1 aromatic rings. The van der Waals surface area contributed by atoms with E-state index in [0.29, 0.717) is 11.3 Å². The first-order chi connectivity index (χ1) is 10.8. The lowest BCUT2D eigenvalue weighted by Gasteiger charge is -2.50. The number of aliphatic carboxylic acids is 1. The van der Waals surface area contributed by atoms with E-state index >= 15 is 0 Å². The number of carboxylic acid groups (broad SMARTS) is 1. The minimum atomic E-state index is -1.39. The predicted molar refractivity (Wildman–Crippen MR) is 80.3 cm³/mol. The van der Waals surface area contributed by atoms with Crippen molar-refractivity contribution in [1.82, 2.24) is 20.0 Å². The zero-order valence-electron chi connectivity index (χ0n) is 12.2. The van der Waals surface area contributed by atoms with Gasteiger partial charge in [-0.3, -0.25) is 19.2 Å². The Morgan fingerprint density at radius 3 is 2.78 bits per heavy atom. The van der Waals surface area contributed by atoms with Crippen LogP contribution in [0.25, 0.3) is 0 Å². The van der Waals surface area contributed by atoms with Gasteiger partial charge in [-0.2, -0.15) is 5.10 Å². The zero-order valence-corrected chi connectivity index (χ0v) is 13.8. The van der Waals surface area contributed by atoms with Crippen molar-refractivity contribution in [3.05, 3.63) is 28.2 Å². The van der Waals surface area contributed by atoms with Gasteiger partial charge in [0.1, 0.15) is 11.4 Å².